The molecule has 1 aromatic heterocycles. The van der Waals surface area contributed by atoms with Gasteiger partial charge in [0.25, 0.3) is 0 Å². The van der Waals surface area contributed by atoms with Gasteiger partial charge in [-0.3, -0.25) is 5.41 Å². The van der Waals surface area contributed by atoms with Crippen LogP contribution in [0.4, 0.5) is 5.82 Å². The summed E-state index contributed by atoms with van der Waals surface area (Å²) < 4.78 is 0. The Morgan fingerprint density at radius 2 is 2.29 bits per heavy atom. The van der Waals surface area contributed by atoms with Gasteiger partial charge in [-0.1, -0.05) is 6.92 Å². The predicted octanol–water partition coefficient (Wildman–Crippen LogP) is 1.53. The van der Waals surface area contributed by atoms with Crippen LogP contribution in [0.3, 0.4) is 0 Å². The average Bonchev–Trinajstić information content (AvgIpc) is 2.39. The molecule has 0 bridgehead atoms. The van der Waals surface area contributed by atoms with Crippen molar-refractivity contribution in [3.05, 3.63) is 18.1 Å². The summed E-state index contributed by atoms with van der Waals surface area (Å²) in [4.78, 5) is 10.9. The third-order valence-corrected chi connectivity index (χ3v) is 3.31. The minimum absolute atomic E-state index is 0.0327. The fraction of sp³-hybridized carbons (Fsp3) is 0.583. The fourth-order valence-electron chi connectivity index (χ4n) is 2.34. The summed E-state index contributed by atoms with van der Waals surface area (Å²) in [5.41, 5.74) is 5.81. The van der Waals surface area contributed by atoms with Crippen LogP contribution in [0, 0.1) is 5.41 Å². The number of amidine groups is 1. The Morgan fingerprint density at radius 3 is 2.88 bits per heavy atom. The zero-order valence-electron chi connectivity index (χ0n) is 10.2. The zero-order valence-corrected chi connectivity index (χ0v) is 10.2. The van der Waals surface area contributed by atoms with Crippen molar-refractivity contribution in [3.63, 3.8) is 0 Å². The van der Waals surface area contributed by atoms with Crippen LogP contribution in [0.25, 0.3) is 0 Å². The second-order valence-electron chi connectivity index (χ2n) is 4.42. The van der Waals surface area contributed by atoms with Crippen LogP contribution in [0.5, 0.6) is 0 Å². The molecule has 1 atom stereocenters. The molecule has 5 nitrogen and oxygen atoms in total. The number of nitrogen functional groups attached to an aromatic ring is 1. The van der Waals surface area contributed by atoms with E-state index in [-0.39, 0.29) is 5.84 Å². The quantitative estimate of drug-likeness (QED) is 0.613. The minimum Gasteiger partial charge on any atom is -0.382 e. The summed E-state index contributed by atoms with van der Waals surface area (Å²) >= 11 is 0. The molecule has 92 valence electrons. The normalized spacial score (nSPS) is 20.3. The molecule has 0 aromatic carbocycles. The second-order valence-corrected chi connectivity index (χ2v) is 4.42. The lowest BCUT2D eigenvalue weighted by molar-refractivity contribution is 0.446. The Bertz CT molecular complexity index is 386. The summed E-state index contributed by atoms with van der Waals surface area (Å²) in [5.74, 6) is 0.872. The minimum atomic E-state index is -0.0327. The summed E-state index contributed by atoms with van der Waals surface area (Å²) in [6, 6.07) is 0.571. The average molecular weight is 233 g/mol. The van der Waals surface area contributed by atoms with Crippen molar-refractivity contribution < 1.29 is 0 Å². The van der Waals surface area contributed by atoms with E-state index in [1.165, 1.54) is 19.3 Å². The number of piperidine rings is 1. The van der Waals surface area contributed by atoms with Gasteiger partial charge in [-0.25, -0.2) is 9.97 Å². The fourth-order valence-corrected chi connectivity index (χ4v) is 2.34. The van der Waals surface area contributed by atoms with Gasteiger partial charge in [-0.15, -0.1) is 0 Å². The first-order valence-electron chi connectivity index (χ1n) is 6.15. The van der Waals surface area contributed by atoms with Crippen LogP contribution < -0.4 is 10.6 Å². The van der Waals surface area contributed by atoms with E-state index in [2.05, 4.69) is 21.8 Å². The summed E-state index contributed by atoms with van der Waals surface area (Å²) in [7, 11) is 0. The number of hydrogen-bond acceptors (Lipinski definition) is 4. The molecule has 2 rings (SSSR count). The molecule has 1 unspecified atom stereocenters. The van der Waals surface area contributed by atoms with Crippen LogP contribution in [-0.4, -0.2) is 28.4 Å². The maximum atomic E-state index is 7.29. The maximum Gasteiger partial charge on any atom is 0.147 e. The van der Waals surface area contributed by atoms with Gasteiger partial charge >= 0.3 is 0 Å². The van der Waals surface area contributed by atoms with Crippen LogP contribution in [-0.2, 0) is 0 Å². The van der Waals surface area contributed by atoms with Crippen molar-refractivity contribution in [1.29, 1.82) is 5.41 Å². The van der Waals surface area contributed by atoms with Gasteiger partial charge < -0.3 is 10.6 Å². The molecule has 1 aromatic rings. The van der Waals surface area contributed by atoms with E-state index in [9.17, 15) is 0 Å². The molecule has 0 saturated carbocycles. The molecular weight excluding hydrogens is 214 g/mol. The van der Waals surface area contributed by atoms with Crippen LogP contribution in [0.1, 0.15) is 38.3 Å². The molecule has 0 amide bonds. The predicted molar refractivity (Wildman–Crippen MR) is 68.3 cm³/mol. The molecule has 0 spiro atoms. The molecule has 2 heterocycles. The molecule has 0 aliphatic carbocycles. The molecule has 1 aliphatic rings. The SMILES string of the molecule is CCC1CCCCN1c1cnc(C(=N)N)cn1. The highest BCUT2D eigenvalue weighted by Crippen LogP contribution is 2.24. The lowest BCUT2D eigenvalue weighted by atomic mass is 10.0. The summed E-state index contributed by atoms with van der Waals surface area (Å²) in [6.45, 7) is 3.26. The summed E-state index contributed by atoms with van der Waals surface area (Å²) in [6.07, 6.45) is 8.19. The first-order valence-corrected chi connectivity index (χ1v) is 6.15. The van der Waals surface area contributed by atoms with Crippen molar-refractivity contribution in [1.82, 2.24) is 9.97 Å². The van der Waals surface area contributed by atoms with Crippen molar-refractivity contribution >= 4 is 11.7 Å². The van der Waals surface area contributed by atoms with Gasteiger partial charge in [0.2, 0.25) is 0 Å². The van der Waals surface area contributed by atoms with Crippen molar-refractivity contribution in [2.75, 3.05) is 11.4 Å². The highest BCUT2D eigenvalue weighted by molar-refractivity contribution is 5.92. The number of nitrogens with zero attached hydrogens (tertiary/aromatic N) is 3. The van der Waals surface area contributed by atoms with Gasteiger partial charge in [-0.2, -0.15) is 0 Å². The Labute approximate surface area is 102 Å². The molecule has 1 saturated heterocycles. The van der Waals surface area contributed by atoms with Gasteiger partial charge in [0, 0.05) is 12.6 Å². The highest BCUT2D eigenvalue weighted by Gasteiger charge is 2.22. The third-order valence-electron chi connectivity index (χ3n) is 3.31. The molecular formula is C12H19N5. The third kappa shape index (κ3) is 2.54. The molecule has 1 aliphatic heterocycles. The molecule has 3 N–H and O–H groups in total. The lowest BCUT2D eigenvalue weighted by Crippen LogP contribution is -2.39. The number of aromatic nitrogens is 2. The van der Waals surface area contributed by atoms with E-state index in [4.69, 9.17) is 11.1 Å². The number of nitrogens with two attached hydrogens (primary N) is 1. The molecule has 17 heavy (non-hydrogen) atoms. The Kier molecular flexibility index (Phi) is 3.56. The lowest BCUT2D eigenvalue weighted by Gasteiger charge is -2.35. The first-order chi connectivity index (χ1) is 8.22. The Hall–Kier alpha value is -1.65. The zero-order chi connectivity index (χ0) is 12.3. The van der Waals surface area contributed by atoms with Gasteiger partial charge in [0.05, 0.1) is 12.4 Å². The Morgan fingerprint density at radius 1 is 1.47 bits per heavy atom. The summed E-state index contributed by atoms with van der Waals surface area (Å²) in [5, 5.41) is 7.29. The number of hydrogen-bond donors (Lipinski definition) is 2. The number of anilines is 1. The van der Waals surface area contributed by atoms with Crippen molar-refractivity contribution in [2.45, 2.75) is 38.6 Å². The highest BCUT2D eigenvalue weighted by atomic mass is 15.2. The number of nitrogens with one attached hydrogen (secondary N) is 1. The molecule has 0 radical (unpaired) electrons. The smallest absolute Gasteiger partial charge is 0.147 e. The largest absolute Gasteiger partial charge is 0.382 e. The van der Waals surface area contributed by atoms with E-state index < -0.39 is 0 Å². The number of rotatable bonds is 3. The van der Waals surface area contributed by atoms with E-state index in [0.717, 1.165) is 18.8 Å². The van der Waals surface area contributed by atoms with Gasteiger partial charge in [0.1, 0.15) is 17.3 Å². The van der Waals surface area contributed by atoms with Crippen molar-refractivity contribution in [2.24, 2.45) is 5.73 Å². The Balaban J connectivity index is 2.17. The topological polar surface area (TPSA) is 78.9 Å². The monoisotopic (exact) mass is 233 g/mol. The van der Waals surface area contributed by atoms with Crippen LogP contribution in [0.2, 0.25) is 0 Å². The van der Waals surface area contributed by atoms with E-state index in [0.29, 0.717) is 11.7 Å². The van der Waals surface area contributed by atoms with E-state index >= 15 is 0 Å². The van der Waals surface area contributed by atoms with E-state index in [1.54, 1.807) is 12.4 Å². The first kappa shape index (κ1) is 11.8. The second kappa shape index (κ2) is 5.12. The molecule has 5 heteroatoms. The maximum absolute atomic E-state index is 7.29. The van der Waals surface area contributed by atoms with Crippen LogP contribution in [0.15, 0.2) is 12.4 Å². The van der Waals surface area contributed by atoms with Gasteiger partial charge in [0.15, 0.2) is 0 Å². The molecule has 1 fully saturated rings. The van der Waals surface area contributed by atoms with Crippen molar-refractivity contribution in [3.8, 4) is 0 Å². The van der Waals surface area contributed by atoms with Crippen LogP contribution >= 0.6 is 0 Å². The van der Waals surface area contributed by atoms with Gasteiger partial charge in [-0.05, 0) is 25.7 Å². The van der Waals surface area contributed by atoms with E-state index in [1.807, 2.05) is 0 Å². The standard InChI is InChI=1S/C12H19N5/c1-2-9-5-3-4-6-17(9)11-8-15-10(7-16-11)12(13)14/h7-9H,2-6H2,1H3,(H3,13,14).